The van der Waals surface area contributed by atoms with Crippen molar-refractivity contribution in [1.29, 1.82) is 0 Å². The summed E-state index contributed by atoms with van der Waals surface area (Å²) in [7, 11) is 2.91. The van der Waals surface area contributed by atoms with E-state index in [2.05, 4.69) is 21.7 Å². The first-order valence-electron chi connectivity index (χ1n) is 13.6. The van der Waals surface area contributed by atoms with E-state index in [0.717, 1.165) is 19.3 Å². The molecular formula is C28H46O8. The number of benzene rings is 1. The highest BCUT2D eigenvalue weighted by Gasteiger charge is 2.15. The van der Waals surface area contributed by atoms with Gasteiger partial charge in [0.05, 0.1) is 31.4 Å². The molecule has 8 nitrogen and oxygen atoms in total. The van der Waals surface area contributed by atoms with Crippen molar-refractivity contribution in [1.82, 2.24) is 0 Å². The Bertz CT molecular complexity index is 685. The molecule has 0 aliphatic carbocycles. The molecule has 0 atom stereocenters. The lowest BCUT2D eigenvalue weighted by atomic mass is 10.0. The van der Waals surface area contributed by atoms with E-state index in [1.165, 1.54) is 110 Å². The number of hydrogen-bond acceptors (Lipinski definition) is 8. The Labute approximate surface area is 216 Å². The summed E-state index contributed by atoms with van der Waals surface area (Å²) in [4.78, 5) is 32.3. The van der Waals surface area contributed by atoms with Crippen molar-refractivity contribution in [3.63, 3.8) is 0 Å². The number of hydrogen-bond donors (Lipinski definition) is 0. The monoisotopic (exact) mass is 510 g/mol. The van der Waals surface area contributed by atoms with Crippen LogP contribution in [-0.4, -0.2) is 33.0 Å². The summed E-state index contributed by atoms with van der Waals surface area (Å²) < 4.78 is 15.1. The second-order valence-corrected chi connectivity index (χ2v) is 9.03. The van der Waals surface area contributed by atoms with E-state index < -0.39 is 12.1 Å². The second-order valence-electron chi connectivity index (χ2n) is 9.03. The third-order valence-electron chi connectivity index (χ3n) is 6.02. The predicted octanol–water partition coefficient (Wildman–Crippen LogP) is 8.12. The molecule has 0 aliphatic rings. The number of methoxy groups -OCH3 is 2. The van der Waals surface area contributed by atoms with Crippen LogP contribution in [0.5, 0.6) is 11.5 Å². The summed E-state index contributed by atoms with van der Waals surface area (Å²) in [6.07, 6.45) is 19.3. The van der Waals surface area contributed by atoms with Crippen LogP contribution in [0.4, 0.5) is 4.79 Å². The highest BCUT2D eigenvalue weighted by molar-refractivity contribution is 5.90. The maximum absolute atomic E-state index is 12.0. The van der Waals surface area contributed by atoms with Gasteiger partial charge in [-0.2, -0.15) is 0 Å². The van der Waals surface area contributed by atoms with Gasteiger partial charge < -0.3 is 14.2 Å². The van der Waals surface area contributed by atoms with Crippen molar-refractivity contribution in [3.05, 3.63) is 23.8 Å². The fraction of sp³-hybridized carbons (Fsp3) is 0.714. The molecule has 8 heteroatoms. The van der Waals surface area contributed by atoms with Gasteiger partial charge in [0.2, 0.25) is 0 Å². The SMILES string of the molecule is CCCCCCCCCCCCCCCCCCOC(=O)OOOC(=O)c1cc(OC)cc(OC)c1. The largest absolute Gasteiger partial charge is 0.543 e. The Kier molecular flexibility index (Phi) is 19.1. The third kappa shape index (κ3) is 16.2. The first-order chi connectivity index (χ1) is 17.6. The standard InChI is InChI=1S/C28H46O8/c1-4-5-6-7-8-9-10-11-12-13-14-15-16-17-18-19-20-33-28(30)35-36-34-27(29)24-21-25(31-2)23-26(22-24)32-3/h21-23H,4-20H2,1-3H3. The van der Waals surface area contributed by atoms with E-state index in [-0.39, 0.29) is 12.2 Å². The average molecular weight is 511 g/mol. The normalized spacial score (nSPS) is 10.6. The molecule has 0 unspecified atom stereocenters. The summed E-state index contributed by atoms with van der Waals surface area (Å²) >= 11 is 0. The number of carbonyl (C=O) groups is 2. The van der Waals surface area contributed by atoms with Crippen molar-refractivity contribution in [2.45, 2.75) is 110 Å². The fourth-order valence-electron chi connectivity index (χ4n) is 3.88. The molecule has 0 heterocycles. The average Bonchev–Trinajstić information content (AvgIpc) is 2.89. The number of carbonyl (C=O) groups excluding carboxylic acids is 2. The van der Waals surface area contributed by atoms with Crippen molar-refractivity contribution < 1.29 is 38.6 Å². The van der Waals surface area contributed by atoms with Gasteiger partial charge in [0.15, 0.2) is 0 Å². The molecule has 0 saturated carbocycles. The minimum Gasteiger partial charge on any atom is -0.497 e. The van der Waals surface area contributed by atoms with Crippen LogP contribution in [0.25, 0.3) is 0 Å². The lowest BCUT2D eigenvalue weighted by Gasteiger charge is -2.07. The van der Waals surface area contributed by atoms with Crippen LogP contribution < -0.4 is 9.47 Å². The Morgan fingerprint density at radius 1 is 0.611 bits per heavy atom. The number of rotatable bonds is 22. The van der Waals surface area contributed by atoms with Crippen LogP contribution in [0.3, 0.4) is 0 Å². The molecule has 0 saturated heterocycles. The lowest BCUT2D eigenvalue weighted by molar-refractivity contribution is -0.452. The molecular weight excluding hydrogens is 464 g/mol. The summed E-state index contributed by atoms with van der Waals surface area (Å²) in [5, 5.41) is 4.24. The topological polar surface area (TPSA) is 89.5 Å². The van der Waals surface area contributed by atoms with Crippen LogP contribution in [0.2, 0.25) is 0 Å². The minimum absolute atomic E-state index is 0.108. The zero-order valence-corrected chi connectivity index (χ0v) is 22.5. The molecule has 36 heavy (non-hydrogen) atoms. The summed E-state index contributed by atoms with van der Waals surface area (Å²) in [5.41, 5.74) is 0.108. The summed E-state index contributed by atoms with van der Waals surface area (Å²) in [6, 6.07) is 4.47. The molecule has 1 rings (SSSR count). The van der Waals surface area contributed by atoms with Gasteiger partial charge in [-0.3, -0.25) is 4.89 Å². The van der Waals surface area contributed by atoms with Crippen molar-refractivity contribution in [3.8, 4) is 11.5 Å². The van der Waals surface area contributed by atoms with Gasteiger partial charge in [-0.05, 0) is 18.6 Å². The third-order valence-corrected chi connectivity index (χ3v) is 6.02. The zero-order chi connectivity index (χ0) is 26.3. The minimum atomic E-state index is -1.06. The predicted molar refractivity (Wildman–Crippen MR) is 138 cm³/mol. The van der Waals surface area contributed by atoms with Gasteiger partial charge in [-0.25, -0.2) is 14.5 Å². The van der Waals surface area contributed by atoms with Gasteiger partial charge in [0.1, 0.15) is 11.5 Å². The highest BCUT2D eigenvalue weighted by atomic mass is 17.5. The van der Waals surface area contributed by atoms with Gasteiger partial charge in [0.25, 0.3) is 0 Å². The van der Waals surface area contributed by atoms with Crippen molar-refractivity contribution in [2.75, 3.05) is 20.8 Å². The number of ether oxygens (including phenoxy) is 3. The maximum Gasteiger partial charge on any atom is 0.543 e. The van der Waals surface area contributed by atoms with E-state index >= 15 is 0 Å². The molecule has 0 aliphatic heterocycles. The first kappa shape index (κ1) is 31.5. The van der Waals surface area contributed by atoms with Crippen molar-refractivity contribution in [2.24, 2.45) is 0 Å². The fourth-order valence-corrected chi connectivity index (χ4v) is 3.88. The smallest absolute Gasteiger partial charge is 0.497 e. The van der Waals surface area contributed by atoms with Gasteiger partial charge in [-0.15, -0.1) is 0 Å². The maximum atomic E-state index is 12.0. The van der Waals surface area contributed by atoms with E-state index in [1.54, 1.807) is 6.07 Å². The van der Waals surface area contributed by atoms with E-state index in [4.69, 9.17) is 14.2 Å². The van der Waals surface area contributed by atoms with E-state index in [0.29, 0.717) is 11.5 Å². The van der Waals surface area contributed by atoms with Gasteiger partial charge in [-0.1, -0.05) is 103 Å². The molecule has 0 bridgehead atoms. The molecule has 0 amide bonds. The Balaban J connectivity index is 1.92. The summed E-state index contributed by atoms with van der Waals surface area (Å²) in [5.74, 6) is -0.0707. The molecule has 0 fully saturated rings. The Morgan fingerprint density at radius 2 is 1.06 bits per heavy atom. The molecule has 0 radical (unpaired) electrons. The number of unbranched alkanes of at least 4 members (excludes halogenated alkanes) is 15. The molecule has 1 aromatic rings. The Hall–Kier alpha value is -2.48. The molecule has 0 spiro atoms. The van der Waals surface area contributed by atoms with Crippen LogP contribution in [0.15, 0.2) is 18.2 Å². The molecule has 1 aromatic carbocycles. The van der Waals surface area contributed by atoms with Gasteiger partial charge in [0, 0.05) is 6.07 Å². The van der Waals surface area contributed by atoms with Crippen LogP contribution >= 0.6 is 0 Å². The zero-order valence-electron chi connectivity index (χ0n) is 22.5. The summed E-state index contributed by atoms with van der Waals surface area (Å²) in [6.45, 7) is 2.49. The molecule has 206 valence electrons. The van der Waals surface area contributed by atoms with Gasteiger partial charge >= 0.3 is 12.1 Å². The van der Waals surface area contributed by atoms with Crippen LogP contribution in [0, 0.1) is 0 Å². The second kappa shape index (κ2) is 21.8. The van der Waals surface area contributed by atoms with Crippen LogP contribution in [0.1, 0.15) is 120 Å². The van der Waals surface area contributed by atoms with Crippen LogP contribution in [-0.2, 0) is 19.6 Å². The Morgan fingerprint density at radius 3 is 1.50 bits per heavy atom. The van der Waals surface area contributed by atoms with E-state index in [9.17, 15) is 9.59 Å². The quantitative estimate of drug-likeness (QED) is 0.0668. The molecule has 0 aromatic heterocycles. The highest BCUT2D eigenvalue weighted by Crippen LogP contribution is 2.23. The molecule has 0 N–H and O–H groups in total. The van der Waals surface area contributed by atoms with Crippen molar-refractivity contribution >= 4 is 12.1 Å². The first-order valence-corrected chi connectivity index (χ1v) is 13.6. The van der Waals surface area contributed by atoms with E-state index in [1.807, 2.05) is 0 Å². The lowest BCUT2D eigenvalue weighted by Crippen LogP contribution is -2.13.